The fourth-order valence-electron chi connectivity index (χ4n) is 1.42. The maximum atomic E-state index is 13.6. The molecule has 20 heavy (non-hydrogen) atoms. The molecule has 1 rings (SSSR count). The van der Waals surface area contributed by atoms with Crippen LogP contribution in [0.2, 0.25) is 0 Å². The molecule has 0 bridgehead atoms. The molecule has 0 saturated carbocycles. The van der Waals surface area contributed by atoms with Crippen molar-refractivity contribution in [2.45, 2.75) is 19.9 Å². The van der Waals surface area contributed by atoms with Gasteiger partial charge in [0.2, 0.25) is 5.82 Å². The van der Waals surface area contributed by atoms with Gasteiger partial charge in [0.1, 0.15) is 11.9 Å². The summed E-state index contributed by atoms with van der Waals surface area (Å²) < 4.78 is 26.9. The van der Waals surface area contributed by atoms with E-state index in [0.717, 1.165) is 0 Å². The second-order valence-corrected chi connectivity index (χ2v) is 4.36. The van der Waals surface area contributed by atoms with Crippen molar-refractivity contribution in [3.05, 3.63) is 39.4 Å². The molecule has 0 aromatic heterocycles. The number of carbonyl (C=O) groups excluding carboxylic acids is 1. The number of amides is 1. The number of nitrogens with one attached hydrogen (secondary N) is 1. The smallest absolute Gasteiger partial charge is 0.307 e. The topological polar surface area (TPSA) is 96.0 Å². The number of nitro groups is 1. The molecule has 1 unspecified atom stereocenters. The Morgan fingerprint density at radius 1 is 1.40 bits per heavy atom. The van der Waals surface area contributed by atoms with Gasteiger partial charge in [-0.2, -0.15) is 9.65 Å². The number of nitro benzene ring substituents is 1. The van der Waals surface area contributed by atoms with Crippen molar-refractivity contribution in [3.63, 3.8) is 0 Å². The average molecular weight is 283 g/mol. The van der Waals surface area contributed by atoms with Gasteiger partial charge >= 0.3 is 5.69 Å². The minimum atomic E-state index is -1.32. The van der Waals surface area contributed by atoms with Gasteiger partial charge in [-0.15, -0.1) is 0 Å². The summed E-state index contributed by atoms with van der Waals surface area (Å²) in [7, 11) is 0. The molecule has 0 aliphatic heterocycles. The summed E-state index contributed by atoms with van der Waals surface area (Å²) in [5.74, 6) is -3.78. The van der Waals surface area contributed by atoms with Gasteiger partial charge in [-0.05, 0) is 12.0 Å². The van der Waals surface area contributed by atoms with Gasteiger partial charge in [-0.25, -0.2) is 4.39 Å². The first-order valence-electron chi connectivity index (χ1n) is 5.61. The zero-order chi connectivity index (χ0) is 15.4. The number of nitriles is 1. The summed E-state index contributed by atoms with van der Waals surface area (Å²) in [6.45, 7) is 3.34. The van der Waals surface area contributed by atoms with Gasteiger partial charge in [0.15, 0.2) is 0 Å². The Labute approximate surface area is 113 Å². The Balaban J connectivity index is 3.09. The lowest BCUT2D eigenvalue weighted by Gasteiger charge is -2.15. The maximum absolute atomic E-state index is 13.6. The summed E-state index contributed by atoms with van der Waals surface area (Å²) in [5.41, 5.74) is -1.74. The van der Waals surface area contributed by atoms with Crippen LogP contribution in [0.3, 0.4) is 0 Å². The first-order valence-corrected chi connectivity index (χ1v) is 5.61. The molecule has 0 fully saturated rings. The van der Waals surface area contributed by atoms with E-state index in [1.807, 2.05) is 6.07 Å². The monoisotopic (exact) mass is 283 g/mol. The molecule has 0 aliphatic carbocycles. The number of halogens is 2. The fourth-order valence-corrected chi connectivity index (χ4v) is 1.42. The van der Waals surface area contributed by atoms with E-state index in [1.165, 1.54) is 0 Å². The lowest BCUT2D eigenvalue weighted by atomic mass is 10.1. The fraction of sp³-hybridized carbons (Fsp3) is 0.333. The molecular formula is C12H11F2N3O3. The molecule has 0 heterocycles. The Morgan fingerprint density at radius 3 is 2.45 bits per heavy atom. The standard InChI is InChI=1S/C12H11F2N3O3/c1-6(2)10(5-15)16-12(18)7-3-9(14)11(17(19)20)4-8(7)13/h3-4,6,10H,1-2H3,(H,16,18). The molecular weight excluding hydrogens is 272 g/mol. The van der Waals surface area contributed by atoms with Crippen LogP contribution in [-0.4, -0.2) is 16.9 Å². The van der Waals surface area contributed by atoms with Crippen LogP contribution in [0.25, 0.3) is 0 Å². The summed E-state index contributed by atoms with van der Waals surface area (Å²) in [6, 6.07) is 1.71. The third-order valence-electron chi connectivity index (χ3n) is 2.57. The molecule has 0 spiro atoms. The lowest BCUT2D eigenvalue weighted by molar-refractivity contribution is -0.387. The van der Waals surface area contributed by atoms with E-state index >= 15 is 0 Å². The summed E-state index contributed by atoms with van der Waals surface area (Å²) in [5, 5.41) is 21.5. The largest absolute Gasteiger partial charge is 0.336 e. The number of nitrogens with zero attached hydrogens (tertiary/aromatic N) is 2. The minimum Gasteiger partial charge on any atom is -0.336 e. The third-order valence-corrected chi connectivity index (χ3v) is 2.57. The number of hydrogen-bond donors (Lipinski definition) is 1. The van der Waals surface area contributed by atoms with E-state index in [9.17, 15) is 23.7 Å². The van der Waals surface area contributed by atoms with Crippen LogP contribution in [0.1, 0.15) is 24.2 Å². The van der Waals surface area contributed by atoms with Crippen LogP contribution in [0.15, 0.2) is 12.1 Å². The van der Waals surface area contributed by atoms with Gasteiger partial charge in [0.05, 0.1) is 22.6 Å². The zero-order valence-corrected chi connectivity index (χ0v) is 10.7. The van der Waals surface area contributed by atoms with Crippen LogP contribution in [0.5, 0.6) is 0 Å². The normalized spacial score (nSPS) is 11.8. The van der Waals surface area contributed by atoms with Crippen molar-refractivity contribution in [3.8, 4) is 6.07 Å². The highest BCUT2D eigenvalue weighted by Gasteiger charge is 2.24. The van der Waals surface area contributed by atoms with Crippen molar-refractivity contribution in [2.75, 3.05) is 0 Å². The van der Waals surface area contributed by atoms with Crippen molar-refractivity contribution in [1.82, 2.24) is 5.32 Å². The molecule has 1 aromatic rings. The van der Waals surface area contributed by atoms with Crippen LogP contribution < -0.4 is 5.32 Å². The molecule has 106 valence electrons. The van der Waals surface area contributed by atoms with Crippen molar-refractivity contribution >= 4 is 11.6 Å². The summed E-state index contributed by atoms with van der Waals surface area (Å²) >= 11 is 0. The van der Waals surface area contributed by atoms with Crippen molar-refractivity contribution < 1.29 is 18.5 Å². The van der Waals surface area contributed by atoms with Crippen molar-refractivity contribution in [2.24, 2.45) is 5.92 Å². The van der Waals surface area contributed by atoms with E-state index < -0.39 is 39.8 Å². The quantitative estimate of drug-likeness (QED) is 0.676. The highest BCUT2D eigenvalue weighted by atomic mass is 19.1. The number of hydrogen-bond acceptors (Lipinski definition) is 4. The average Bonchev–Trinajstić information content (AvgIpc) is 2.37. The molecule has 1 amide bonds. The summed E-state index contributed by atoms with van der Waals surface area (Å²) in [4.78, 5) is 21.1. The first-order chi connectivity index (χ1) is 9.27. The second kappa shape index (κ2) is 6.06. The molecule has 0 saturated heterocycles. The lowest BCUT2D eigenvalue weighted by Crippen LogP contribution is -2.37. The molecule has 1 atom stereocenters. The van der Waals surface area contributed by atoms with Crippen LogP contribution >= 0.6 is 0 Å². The molecule has 0 aliphatic rings. The van der Waals surface area contributed by atoms with Gasteiger partial charge in [0.25, 0.3) is 5.91 Å². The number of benzene rings is 1. The van der Waals surface area contributed by atoms with Crippen LogP contribution in [0, 0.1) is 39.0 Å². The van der Waals surface area contributed by atoms with Gasteiger partial charge in [0, 0.05) is 0 Å². The van der Waals surface area contributed by atoms with E-state index in [2.05, 4.69) is 5.32 Å². The van der Waals surface area contributed by atoms with E-state index in [1.54, 1.807) is 13.8 Å². The van der Waals surface area contributed by atoms with E-state index in [-0.39, 0.29) is 5.92 Å². The second-order valence-electron chi connectivity index (χ2n) is 4.36. The summed E-state index contributed by atoms with van der Waals surface area (Å²) in [6.07, 6.45) is 0. The molecule has 1 aromatic carbocycles. The SMILES string of the molecule is CC(C)C(C#N)NC(=O)c1cc(F)c([N+](=O)[O-])cc1F. The van der Waals surface area contributed by atoms with E-state index in [4.69, 9.17) is 5.26 Å². The highest BCUT2D eigenvalue weighted by Crippen LogP contribution is 2.21. The number of rotatable bonds is 4. The van der Waals surface area contributed by atoms with Crippen molar-refractivity contribution in [1.29, 1.82) is 5.26 Å². The Hall–Kier alpha value is -2.56. The van der Waals surface area contributed by atoms with Crippen LogP contribution in [-0.2, 0) is 0 Å². The highest BCUT2D eigenvalue weighted by molar-refractivity contribution is 5.95. The van der Waals surface area contributed by atoms with Crippen LogP contribution in [0.4, 0.5) is 14.5 Å². The van der Waals surface area contributed by atoms with Gasteiger partial charge in [-0.3, -0.25) is 14.9 Å². The van der Waals surface area contributed by atoms with Gasteiger partial charge < -0.3 is 5.32 Å². The molecule has 0 radical (unpaired) electrons. The first kappa shape index (κ1) is 15.5. The van der Waals surface area contributed by atoms with Gasteiger partial charge in [-0.1, -0.05) is 13.8 Å². The Bertz CT molecular complexity index is 596. The number of carbonyl (C=O) groups is 1. The maximum Gasteiger partial charge on any atom is 0.307 e. The minimum absolute atomic E-state index is 0.227. The third kappa shape index (κ3) is 3.26. The van der Waals surface area contributed by atoms with E-state index in [0.29, 0.717) is 12.1 Å². The molecule has 6 nitrogen and oxygen atoms in total. The Morgan fingerprint density at radius 2 is 2.00 bits per heavy atom. The molecule has 8 heteroatoms. The predicted octanol–water partition coefficient (Wildman–Crippen LogP) is 2.15. The Kier molecular flexibility index (Phi) is 4.69. The molecule has 1 N–H and O–H groups in total. The predicted molar refractivity (Wildman–Crippen MR) is 64.7 cm³/mol. The zero-order valence-electron chi connectivity index (χ0n) is 10.7.